The van der Waals surface area contributed by atoms with Crippen LogP contribution in [-0.4, -0.2) is 43.3 Å². The highest BCUT2D eigenvalue weighted by atomic mass is 16.5. The molecule has 3 unspecified atom stereocenters. The zero-order chi connectivity index (χ0) is 13.7. The van der Waals surface area contributed by atoms with E-state index in [4.69, 9.17) is 10.5 Å². The lowest BCUT2D eigenvalue weighted by atomic mass is 9.70. The molecule has 3 atom stereocenters. The minimum absolute atomic E-state index is 0.230. The van der Waals surface area contributed by atoms with Gasteiger partial charge >= 0.3 is 0 Å². The van der Waals surface area contributed by atoms with Gasteiger partial charge in [0.15, 0.2) is 0 Å². The van der Waals surface area contributed by atoms with Gasteiger partial charge in [-0.1, -0.05) is 26.2 Å². The Balaban J connectivity index is 2.01. The second kappa shape index (κ2) is 7.05. The first kappa shape index (κ1) is 15.3. The van der Waals surface area contributed by atoms with Gasteiger partial charge in [0.05, 0.1) is 6.10 Å². The third-order valence-electron chi connectivity index (χ3n) is 5.53. The van der Waals surface area contributed by atoms with Gasteiger partial charge in [-0.2, -0.15) is 0 Å². The van der Waals surface area contributed by atoms with E-state index in [2.05, 4.69) is 18.9 Å². The van der Waals surface area contributed by atoms with Crippen molar-refractivity contribution in [2.45, 2.75) is 69.9 Å². The van der Waals surface area contributed by atoms with E-state index in [0.29, 0.717) is 6.10 Å². The Morgan fingerprint density at radius 2 is 2.00 bits per heavy atom. The van der Waals surface area contributed by atoms with Crippen LogP contribution in [0.4, 0.5) is 0 Å². The number of ether oxygens (including phenoxy) is 1. The Labute approximate surface area is 118 Å². The molecule has 0 aromatic carbocycles. The third kappa shape index (κ3) is 3.32. The summed E-state index contributed by atoms with van der Waals surface area (Å²) in [6, 6.07) is 0. The molecule has 0 aromatic rings. The van der Waals surface area contributed by atoms with Crippen molar-refractivity contribution in [3.05, 3.63) is 0 Å². The van der Waals surface area contributed by atoms with Crippen LogP contribution in [-0.2, 0) is 4.74 Å². The predicted molar refractivity (Wildman–Crippen MR) is 80.3 cm³/mol. The lowest BCUT2D eigenvalue weighted by Crippen LogP contribution is -2.60. The molecular formula is C16H32N2O. The molecule has 2 aliphatic rings. The van der Waals surface area contributed by atoms with E-state index in [1.54, 1.807) is 0 Å². The Kier molecular flexibility index (Phi) is 5.67. The molecular weight excluding hydrogens is 236 g/mol. The van der Waals surface area contributed by atoms with Gasteiger partial charge in [-0.05, 0) is 45.1 Å². The highest BCUT2D eigenvalue weighted by molar-refractivity contribution is 4.99. The first-order valence-corrected chi connectivity index (χ1v) is 8.26. The first-order valence-electron chi connectivity index (χ1n) is 8.26. The zero-order valence-corrected chi connectivity index (χ0v) is 12.9. The van der Waals surface area contributed by atoms with Crippen LogP contribution in [0.15, 0.2) is 0 Å². The van der Waals surface area contributed by atoms with E-state index in [1.165, 1.54) is 51.4 Å². The fraction of sp³-hybridized carbons (Fsp3) is 1.00. The summed E-state index contributed by atoms with van der Waals surface area (Å²) >= 11 is 0. The molecule has 2 fully saturated rings. The Bertz CT molecular complexity index is 265. The summed E-state index contributed by atoms with van der Waals surface area (Å²) in [7, 11) is 2.28. The number of nitrogens with zero attached hydrogens (tertiary/aromatic N) is 1. The van der Waals surface area contributed by atoms with Gasteiger partial charge in [0.2, 0.25) is 0 Å². The summed E-state index contributed by atoms with van der Waals surface area (Å²) in [5.74, 6) is 0.764. The van der Waals surface area contributed by atoms with Gasteiger partial charge < -0.3 is 10.5 Å². The first-order chi connectivity index (χ1) is 9.23. The molecule has 0 bridgehead atoms. The van der Waals surface area contributed by atoms with Crippen LogP contribution in [0, 0.1) is 5.92 Å². The van der Waals surface area contributed by atoms with E-state index in [-0.39, 0.29) is 5.54 Å². The van der Waals surface area contributed by atoms with Gasteiger partial charge in [-0.15, -0.1) is 0 Å². The summed E-state index contributed by atoms with van der Waals surface area (Å²) in [6.07, 6.45) is 10.8. The van der Waals surface area contributed by atoms with Crippen molar-refractivity contribution in [1.82, 2.24) is 4.90 Å². The molecule has 2 rings (SSSR count). The Hall–Kier alpha value is -0.120. The highest BCUT2D eigenvalue weighted by Gasteiger charge is 2.42. The molecule has 0 aromatic heterocycles. The molecule has 1 saturated carbocycles. The van der Waals surface area contributed by atoms with E-state index in [1.807, 2.05) is 0 Å². The predicted octanol–water partition coefficient (Wildman–Crippen LogP) is 2.79. The smallest absolute Gasteiger partial charge is 0.0702 e. The quantitative estimate of drug-likeness (QED) is 0.833. The number of hydrogen-bond donors (Lipinski definition) is 1. The Morgan fingerprint density at radius 1 is 1.21 bits per heavy atom. The maximum atomic E-state index is 6.23. The van der Waals surface area contributed by atoms with Gasteiger partial charge in [-0.3, -0.25) is 4.90 Å². The van der Waals surface area contributed by atoms with E-state index < -0.39 is 0 Å². The second-order valence-corrected chi connectivity index (χ2v) is 6.53. The van der Waals surface area contributed by atoms with Crippen LogP contribution in [0.3, 0.4) is 0 Å². The van der Waals surface area contributed by atoms with E-state index in [0.717, 1.165) is 25.6 Å². The minimum atomic E-state index is 0.230. The van der Waals surface area contributed by atoms with Gasteiger partial charge in [0.1, 0.15) is 0 Å². The van der Waals surface area contributed by atoms with Gasteiger partial charge in [0, 0.05) is 25.2 Å². The van der Waals surface area contributed by atoms with Crippen LogP contribution in [0.5, 0.6) is 0 Å². The molecule has 2 N–H and O–H groups in total. The summed E-state index contributed by atoms with van der Waals surface area (Å²) < 4.78 is 5.92. The molecule has 19 heavy (non-hydrogen) atoms. The Morgan fingerprint density at radius 3 is 2.63 bits per heavy atom. The maximum absolute atomic E-state index is 6.23. The summed E-state index contributed by atoms with van der Waals surface area (Å²) in [4.78, 5) is 2.55. The van der Waals surface area contributed by atoms with Crippen LogP contribution in [0.25, 0.3) is 0 Å². The molecule has 1 saturated heterocycles. The molecule has 0 amide bonds. The van der Waals surface area contributed by atoms with Crippen molar-refractivity contribution < 1.29 is 4.74 Å². The van der Waals surface area contributed by atoms with Crippen LogP contribution in [0.2, 0.25) is 0 Å². The van der Waals surface area contributed by atoms with E-state index >= 15 is 0 Å². The van der Waals surface area contributed by atoms with Crippen LogP contribution < -0.4 is 5.73 Å². The number of nitrogens with two attached hydrogens (primary N) is 1. The van der Waals surface area contributed by atoms with Crippen molar-refractivity contribution in [3.63, 3.8) is 0 Å². The molecule has 3 heteroatoms. The van der Waals surface area contributed by atoms with Crippen LogP contribution in [0.1, 0.15) is 58.3 Å². The lowest BCUT2D eigenvalue weighted by Gasteiger charge is -2.50. The van der Waals surface area contributed by atoms with Crippen molar-refractivity contribution in [3.8, 4) is 0 Å². The van der Waals surface area contributed by atoms with Crippen LogP contribution >= 0.6 is 0 Å². The molecule has 3 nitrogen and oxygen atoms in total. The molecule has 0 radical (unpaired) electrons. The lowest BCUT2D eigenvalue weighted by molar-refractivity contribution is -0.0463. The molecule has 1 heterocycles. The number of hydrogen-bond acceptors (Lipinski definition) is 3. The van der Waals surface area contributed by atoms with Gasteiger partial charge in [-0.25, -0.2) is 0 Å². The van der Waals surface area contributed by atoms with E-state index in [9.17, 15) is 0 Å². The number of likely N-dealkylation sites (N-methyl/N-ethyl adjacent to an activating group) is 1. The van der Waals surface area contributed by atoms with Gasteiger partial charge in [0.25, 0.3) is 0 Å². The fourth-order valence-electron chi connectivity index (χ4n) is 4.24. The largest absolute Gasteiger partial charge is 0.377 e. The maximum Gasteiger partial charge on any atom is 0.0702 e. The summed E-state index contributed by atoms with van der Waals surface area (Å²) in [5, 5.41) is 0. The van der Waals surface area contributed by atoms with Crippen molar-refractivity contribution in [2.24, 2.45) is 11.7 Å². The topological polar surface area (TPSA) is 38.5 Å². The average molecular weight is 268 g/mol. The highest BCUT2D eigenvalue weighted by Crippen LogP contribution is 2.39. The molecule has 1 aliphatic heterocycles. The third-order valence-corrected chi connectivity index (χ3v) is 5.53. The standard InChI is InChI=1S/C16H32N2O/c1-3-14-8-4-6-10-16(14,13-17)18(2)12-15-9-5-7-11-19-15/h14-15H,3-13,17H2,1-2H3. The summed E-state index contributed by atoms with van der Waals surface area (Å²) in [5.41, 5.74) is 6.46. The fourth-order valence-corrected chi connectivity index (χ4v) is 4.24. The van der Waals surface area contributed by atoms with Crippen molar-refractivity contribution in [2.75, 3.05) is 26.7 Å². The SMILES string of the molecule is CCC1CCCCC1(CN)N(C)CC1CCCCO1. The minimum Gasteiger partial charge on any atom is -0.377 e. The second-order valence-electron chi connectivity index (χ2n) is 6.53. The normalized spacial score (nSPS) is 36.6. The zero-order valence-electron chi connectivity index (χ0n) is 12.9. The average Bonchev–Trinajstić information content (AvgIpc) is 2.47. The molecule has 1 aliphatic carbocycles. The van der Waals surface area contributed by atoms with Crippen molar-refractivity contribution in [1.29, 1.82) is 0 Å². The molecule has 0 spiro atoms. The summed E-state index contributed by atoms with van der Waals surface area (Å²) in [6.45, 7) is 5.14. The van der Waals surface area contributed by atoms with Crippen molar-refractivity contribution >= 4 is 0 Å². The number of rotatable bonds is 5. The monoisotopic (exact) mass is 268 g/mol. The molecule has 112 valence electrons.